The summed E-state index contributed by atoms with van der Waals surface area (Å²) in [4.78, 5) is 0. The van der Waals surface area contributed by atoms with Gasteiger partial charge in [0.15, 0.2) is 9.84 Å². The van der Waals surface area contributed by atoms with E-state index in [1.807, 2.05) is 6.92 Å². The van der Waals surface area contributed by atoms with Crippen LogP contribution in [-0.4, -0.2) is 58.4 Å². The van der Waals surface area contributed by atoms with Gasteiger partial charge < -0.3 is 10.5 Å². The van der Waals surface area contributed by atoms with Crippen LogP contribution in [0.15, 0.2) is 0 Å². The standard InChI is InChI=1S/C10H20N2O5S2/c1-2-17-9-5-8(11)10(9)12-19(15,16)7-3-4-18(13,14)6-7/h7-10,12H,2-6,11H2,1H3. The van der Waals surface area contributed by atoms with Crippen LogP contribution < -0.4 is 10.5 Å². The van der Waals surface area contributed by atoms with Gasteiger partial charge in [0.25, 0.3) is 0 Å². The van der Waals surface area contributed by atoms with Crippen molar-refractivity contribution in [2.75, 3.05) is 18.1 Å². The topological polar surface area (TPSA) is 116 Å². The molecular formula is C10H20N2O5S2. The van der Waals surface area contributed by atoms with Crippen molar-refractivity contribution >= 4 is 19.9 Å². The molecular weight excluding hydrogens is 292 g/mol. The van der Waals surface area contributed by atoms with Gasteiger partial charge in [-0.25, -0.2) is 21.6 Å². The second-order valence-corrected chi connectivity index (χ2v) is 9.33. The molecule has 0 aromatic rings. The third-order valence-corrected chi connectivity index (χ3v) is 7.54. The molecule has 0 amide bonds. The first-order valence-corrected chi connectivity index (χ1v) is 9.70. The quantitative estimate of drug-likeness (QED) is 0.645. The summed E-state index contributed by atoms with van der Waals surface area (Å²) in [5.41, 5.74) is 5.78. The number of rotatable bonds is 5. The molecule has 4 atom stereocenters. The van der Waals surface area contributed by atoms with Crippen LogP contribution in [0.4, 0.5) is 0 Å². The fraction of sp³-hybridized carbons (Fsp3) is 1.00. The summed E-state index contributed by atoms with van der Waals surface area (Å²) in [7, 11) is -6.89. The molecule has 2 rings (SSSR count). The maximum absolute atomic E-state index is 12.1. The van der Waals surface area contributed by atoms with Crippen LogP contribution in [0.1, 0.15) is 19.8 Å². The highest BCUT2D eigenvalue weighted by molar-refractivity contribution is 7.95. The Balaban J connectivity index is 2.01. The van der Waals surface area contributed by atoms with Crippen LogP contribution in [-0.2, 0) is 24.6 Å². The Hall–Kier alpha value is -0.220. The lowest BCUT2D eigenvalue weighted by atomic mass is 9.84. The average molecular weight is 312 g/mol. The van der Waals surface area contributed by atoms with Gasteiger partial charge in [0.1, 0.15) is 0 Å². The number of sulfonamides is 1. The molecule has 2 aliphatic rings. The minimum absolute atomic E-state index is 0.0653. The zero-order valence-corrected chi connectivity index (χ0v) is 12.4. The summed E-state index contributed by atoms with van der Waals surface area (Å²) in [6, 6.07) is -0.724. The highest BCUT2D eigenvalue weighted by Crippen LogP contribution is 2.25. The predicted molar refractivity (Wildman–Crippen MR) is 70.9 cm³/mol. The van der Waals surface area contributed by atoms with E-state index in [0.717, 1.165) is 0 Å². The van der Waals surface area contributed by atoms with Gasteiger partial charge in [-0.05, 0) is 19.8 Å². The molecule has 1 saturated carbocycles. The Bertz CT molecular complexity index is 528. The molecule has 2 fully saturated rings. The number of nitrogens with two attached hydrogens (primary N) is 1. The van der Waals surface area contributed by atoms with Crippen LogP contribution >= 0.6 is 0 Å². The van der Waals surface area contributed by atoms with Crippen LogP contribution in [0.25, 0.3) is 0 Å². The molecule has 9 heteroatoms. The average Bonchev–Trinajstić information content (AvgIpc) is 2.68. The second kappa shape index (κ2) is 5.28. The lowest BCUT2D eigenvalue weighted by molar-refractivity contribution is -0.0248. The van der Waals surface area contributed by atoms with Gasteiger partial charge in [-0.1, -0.05) is 0 Å². The zero-order chi connectivity index (χ0) is 14.3. The number of hydrogen-bond acceptors (Lipinski definition) is 6. The Kier molecular flexibility index (Phi) is 4.22. The summed E-state index contributed by atoms with van der Waals surface area (Å²) in [5, 5.41) is -0.868. The van der Waals surface area contributed by atoms with Gasteiger partial charge in [-0.15, -0.1) is 0 Å². The van der Waals surface area contributed by atoms with Crippen molar-refractivity contribution in [2.45, 2.75) is 43.2 Å². The van der Waals surface area contributed by atoms with Crippen molar-refractivity contribution in [1.82, 2.24) is 4.72 Å². The number of ether oxygens (including phenoxy) is 1. The van der Waals surface area contributed by atoms with Crippen molar-refractivity contribution in [1.29, 1.82) is 0 Å². The van der Waals surface area contributed by atoms with E-state index < -0.39 is 31.2 Å². The van der Waals surface area contributed by atoms with E-state index in [-0.39, 0.29) is 30.1 Å². The molecule has 7 nitrogen and oxygen atoms in total. The molecule has 1 aliphatic heterocycles. The summed E-state index contributed by atoms with van der Waals surface area (Å²) in [5.74, 6) is -0.367. The maximum atomic E-state index is 12.1. The first-order chi connectivity index (χ1) is 8.75. The number of hydrogen-bond donors (Lipinski definition) is 2. The third-order valence-electron chi connectivity index (χ3n) is 3.68. The number of sulfone groups is 1. The van der Waals surface area contributed by atoms with Gasteiger partial charge in [0.05, 0.1) is 28.9 Å². The first-order valence-electron chi connectivity index (χ1n) is 6.34. The Morgan fingerprint density at radius 1 is 1.42 bits per heavy atom. The highest BCUT2D eigenvalue weighted by Gasteiger charge is 2.45. The van der Waals surface area contributed by atoms with E-state index in [1.165, 1.54) is 0 Å². The predicted octanol–water partition coefficient (Wildman–Crippen LogP) is -1.40. The molecule has 0 aromatic heterocycles. The van der Waals surface area contributed by atoms with Gasteiger partial charge in [-0.2, -0.15) is 0 Å². The Morgan fingerprint density at radius 3 is 2.58 bits per heavy atom. The molecule has 0 radical (unpaired) electrons. The van der Waals surface area contributed by atoms with E-state index in [9.17, 15) is 16.8 Å². The largest absolute Gasteiger partial charge is 0.377 e. The van der Waals surface area contributed by atoms with Crippen molar-refractivity contribution in [3.63, 3.8) is 0 Å². The monoisotopic (exact) mass is 312 g/mol. The minimum atomic E-state index is -3.66. The fourth-order valence-corrected chi connectivity index (χ4v) is 6.84. The lowest BCUT2D eigenvalue weighted by Gasteiger charge is -2.42. The Labute approximate surface area is 113 Å². The normalized spacial score (nSPS) is 38.0. The lowest BCUT2D eigenvalue weighted by Crippen LogP contribution is -2.65. The summed E-state index contributed by atoms with van der Waals surface area (Å²) in [6.07, 6.45) is 0.552. The van der Waals surface area contributed by atoms with Crippen LogP contribution in [0.5, 0.6) is 0 Å². The first kappa shape index (κ1) is 15.2. The van der Waals surface area contributed by atoms with Gasteiger partial charge in [0.2, 0.25) is 10.0 Å². The Morgan fingerprint density at radius 2 is 2.11 bits per heavy atom. The van der Waals surface area contributed by atoms with Crippen molar-refractivity contribution in [3.8, 4) is 0 Å². The zero-order valence-electron chi connectivity index (χ0n) is 10.8. The molecule has 19 heavy (non-hydrogen) atoms. The summed E-state index contributed by atoms with van der Waals surface area (Å²) < 4.78 is 54.9. The van der Waals surface area contributed by atoms with E-state index in [1.54, 1.807) is 0 Å². The SMILES string of the molecule is CCOC1CC(N)C1NS(=O)(=O)C1CCS(=O)(=O)C1. The van der Waals surface area contributed by atoms with Crippen LogP contribution in [0.3, 0.4) is 0 Å². The molecule has 1 aliphatic carbocycles. The molecule has 4 unspecified atom stereocenters. The molecule has 1 saturated heterocycles. The summed E-state index contributed by atoms with van der Waals surface area (Å²) >= 11 is 0. The number of nitrogens with one attached hydrogen (secondary N) is 1. The van der Waals surface area contributed by atoms with Crippen molar-refractivity contribution < 1.29 is 21.6 Å². The van der Waals surface area contributed by atoms with Crippen molar-refractivity contribution in [2.24, 2.45) is 5.73 Å². The van der Waals surface area contributed by atoms with Crippen LogP contribution in [0.2, 0.25) is 0 Å². The molecule has 0 aromatic carbocycles. The smallest absolute Gasteiger partial charge is 0.215 e. The molecule has 1 heterocycles. The van der Waals surface area contributed by atoms with E-state index in [4.69, 9.17) is 10.5 Å². The minimum Gasteiger partial charge on any atom is -0.377 e. The van der Waals surface area contributed by atoms with Gasteiger partial charge >= 0.3 is 0 Å². The summed E-state index contributed by atoms with van der Waals surface area (Å²) in [6.45, 7) is 2.33. The molecule has 0 spiro atoms. The highest BCUT2D eigenvalue weighted by atomic mass is 32.2. The molecule has 0 bridgehead atoms. The third kappa shape index (κ3) is 3.27. The van der Waals surface area contributed by atoms with E-state index in [2.05, 4.69) is 4.72 Å². The van der Waals surface area contributed by atoms with Crippen LogP contribution in [0, 0.1) is 0 Å². The van der Waals surface area contributed by atoms with E-state index >= 15 is 0 Å². The molecule has 3 N–H and O–H groups in total. The second-order valence-electron chi connectivity index (χ2n) is 5.11. The van der Waals surface area contributed by atoms with E-state index in [0.29, 0.717) is 13.0 Å². The fourth-order valence-electron chi connectivity index (χ4n) is 2.48. The van der Waals surface area contributed by atoms with Crippen molar-refractivity contribution in [3.05, 3.63) is 0 Å². The maximum Gasteiger partial charge on any atom is 0.215 e. The van der Waals surface area contributed by atoms with Gasteiger partial charge in [-0.3, -0.25) is 0 Å². The van der Waals surface area contributed by atoms with Gasteiger partial charge in [0, 0.05) is 12.6 Å². The molecule has 112 valence electrons.